The van der Waals surface area contributed by atoms with E-state index in [0.717, 1.165) is 10.0 Å². The van der Waals surface area contributed by atoms with Crippen molar-refractivity contribution in [3.05, 3.63) is 33.3 Å². The van der Waals surface area contributed by atoms with E-state index < -0.39 is 0 Å². The van der Waals surface area contributed by atoms with Crippen LogP contribution in [0.4, 0.5) is 0 Å². The second-order valence-electron chi connectivity index (χ2n) is 4.04. The zero-order valence-corrected chi connectivity index (χ0v) is 12.6. The van der Waals surface area contributed by atoms with Crippen LogP contribution in [0.1, 0.15) is 25.3 Å². The van der Waals surface area contributed by atoms with Gasteiger partial charge in [0.05, 0.1) is 6.61 Å². The van der Waals surface area contributed by atoms with Crippen molar-refractivity contribution in [2.45, 2.75) is 32.2 Å². The maximum Gasteiger partial charge on any atom is 0.305 e. The topological polar surface area (TPSA) is 52.3 Å². The predicted molar refractivity (Wildman–Crippen MR) is 76.7 cm³/mol. The van der Waals surface area contributed by atoms with Gasteiger partial charge in [0, 0.05) is 22.0 Å². The van der Waals surface area contributed by atoms with Crippen molar-refractivity contribution in [2.75, 3.05) is 6.61 Å². The lowest BCUT2D eigenvalue weighted by Gasteiger charge is -2.12. The van der Waals surface area contributed by atoms with E-state index >= 15 is 0 Å². The molecule has 0 aliphatic rings. The van der Waals surface area contributed by atoms with E-state index in [1.165, 1.54) is 0 Å². The normalized spacial score (nSPS) is 12.2. The molecule has 1 aromatic rings. The van der Waals surface area contributed by atoms with Crippen molar-refractivity contribution in [3.8, 4) is 0 Å². The average Bonchev–Trinajstić information content (AvgIpc) is 2.31. The highest BCUT2D eigenvalue weighted by Gasteiger charge is 2.10. The van der Waals surface area contributed by atoms with Gasteiger partial charge in [-0.15, -0.1) is 0 Å². The number of carbonyl (C=O) groups is 1. The summed E-state index contributed by atoms with van der Waals surface area (Å²) in [5, 5.41) is 0.686. The maximum absolute atomic E-state index is 11.2. The Morgan fingerprint density at radius 1 is 1.56 bits per heavy atom. The number of hydrogen-bond donors (Lipinski definition) is 1. The van der Waals surface area contributed by atoms with Crippen molar-refractivity contribution in [3.63, 3.8) is 0 Å². The summed E-state index contributed by atoms with van der Waals surface area (Å²) in [6.07, 6.45) is 1.69. The molecule has 0 radical (unpaired) electrons. The van der Waals surface area contributed by atoms with E-state index in [-0.39, 0.29) is 12.0 Å². The smallest absolute Gasteiger partial charge is 0.305 e. The number of nitrogens with two attached hydrogens (primary N) is 1. The molecule has 100 valence electrons. The zero-order valence-electron chi connectivity index (χ0n) is 10.3. The van der Waals surface area contributed by atoms with Gasteiger partial charge in [0.2, 0.25) is 0 Å². The molecule has 0 saturated heterocycles. The largest absolute Gasteiger partial charge is 0.466 e. The first-order valence-electron chi connectivity index (χ1n) is 5.88. The van der Waals surface area contributed by atoms with E-state index in [2.05, 4.69) is 15.9 Å². The maximum atomic E-state index is 11.2. The van der Waals surface area contributed by atoms with Gasteiger partial charge in [-0.3, -0.25) is 4.79 Å². The molecular weight excluding hydrogens is 318 g/mol. The molecule has 1 atom stereocenters. The van der Waals surface area contributed by atoms with Crippen LogP contribution in [-0.4, -0.2) is 18.6 Å². The molecule has 0 aliphatic heterocycles. The summed E-state index contributed by atoms with van der Waals surface area (Å²) in [6, 6.07) is 5.55. The van der Waals surface area contributed by atoms with Crippen molar-refractivity contribution >= 4 is 33.5 Å². The van der Waals surface area contributed by atoms with Gasteiger partial charge >= 0.3 is 5.97 Å². The molecule has 0 spiro atoms. The molecule has 18 heavy (non-hydrogen) atoms. The third kappa shape index (κ3) is 5.38. The highest BCUT2D eigenvalue weighted by Crippen LogP contribution is 2.23. The Bertz CT molecular complexity index is 412. The second-order valence-corrected chi connectivity index (χ2v) is 5.33. The summed E-state index contributed by atoms with van der Waals surface area (Å²) in [6.45, 7) is 2.21. The van der Waals surface area contributed by atoms with E-state index in [1.807, 2.05) is 18.2 Å². The van der Waals surface area contributed by atoms with Crippen LogP contribution in [0.15, 0.2) is 22.7 Å². The summed E-state index contributed by atoms with van der Waals surface area (Å²) in [7, 11) is 0. The first-order chi connectivity index (χ1) is 8.52. The number of halogens is 2. The van der Waals surface area contributed by atoms with Gasteiger partial charge in [0.15, 0.2) is 0 Å². The van der Waals surface area contributed by atoms with Crippen LogP contribution >= 0.6 is 27.5 Å². The molecule has 0 aromatic heterocycles. The summed E-state index contributed by atoms with van der Waals surface area (Å²) < 4.78 is 5.81. The Kier molecular flexibility index (Phi) is 6.68. The Labute approximate surface area is 121 Å². The van der Waals surface area contributed by atoms with Crippen LogP contribution in [0.25, 0.3) is 0 Å². The van der Waals surface area contributed by atoms with Crippen LogP contribution in [-0.2, 0) is 16.0 Å². The molecule has 0 fully saturated rings. The zero-order chi connectivity index (χ0) is 13.5. The third-order valence-electron chi connectivity index (χ3n) is 2.52. The molecule has 0 bridgehead atoms. The van der Waals surface area contributed by atoms with Crippen molar-refractivity contribution in [2.24, 2.45) is 5.73 Å². The Balaban J connectivity index is 2.44. The lowest BCUT2D eigenvalue weighted by Crippen LogP contribution is -2.24. The van der Waals surface area contributed by atoms with E-state index in [1.54, 1.807) is 6.92 Å². The standard InChI is InChI=1S/C13H17BrClNO2/c1-2-18-13(17)6-5-11(16)7-9-3-4-10(15)8-12(9)14/h3-4,8,11H,2,5-7,16H2,1H3. The Morgan fingerprint density at radius 2 is 2.28 bits per heavy atom. The molecule has 2 N–H and O–H groups in total. The minimum Gasteiger partial charge on any atom is -0.466 e. The van der Waals surface area contributed by atoms with Gasteiger partial charge in [0.1, 0.15) is 0 Å². The summed E-state index contributed by atoms with van der Waals surface area (Å²) >= 11 is 9.32. The number of benzene rings is 1. The van der Waals surface area contributed by atoms with Crippen molar-refractivity contribution in [1.82, 2.24) is 0 Å². The molecule has 1 rings (SSSR count). The van der Waals surface area contributed by atoms with Crippen molar-refractivity contribution in [1.29, 1.82) is 0 Å². The Hall–Kier alpha value is -0.580. The van der Waals surface area contributed by atoms with Crippen LogP contribution in [0.3, 0.4) is 0 Å². The molecule has 0 amide bonds. The molecular formula is C13H17BrClNO2. The predicted octanol–water partition coefficient (Wildman–Crippen LogP) is 3.32. The summed E-state index contributed by atoms with van der Waals surface area (Å²) in [5.74, 6) is -0.192. The fourth-order valence-electron chi connectivity index (χ4n) is 1.61. The number of hydrogen-bond acceptors (Lipinski definition) is 3. The number of esters is 1. The monoisotopic (exact) mass is 333 g/mol. The van der Waals surface area contributed by atoms with Crippen molar-refractivity contribution < 1.29 is 9.53 Å². The van der Waals surface area contributed by atoms with Gasteiger partial charge in [-0.25, -0.2) is 0 Å². The minimum atomic E-state index is -0.192. The van der Waals surface area contributed by atoms with E-state index in [4.69, 9.17) is 22.1 Å². The number of carbonyl (C=O) groups excluding carboxylic acids is 1. The van der Waals surface area contributed by atoms with Gasteiger partial charge in [-0.1, -0.05) is 33.6 Å². The van der Waals surface area contributed by atoms with E-state index in [0.29, 0.717) is 30.9 Å². The molecule has 3 nitrogen and oxygen atoms in total. The lowest BCUT2D eigenvalue weighted by atomic mass is 10.0. The highest BCUT2D eigenvalue weighted by molar-refractivity contribution is 9.10. The molecule has 0 aliphatic carbocycles. The fourth-order valence-corrected chi connectivity index (χ4v) is 2.45. The fraction of sp³-hybridized carbons (Fsp3) is 0.462. The highest BCUT2D eigenvalue weighted by atomic mass is 79.9. The first-order valence-corrected chi connectivity index (χ1v) is 7.05. The van der Waals surface area contributed by atoms with Crippen LogP contribution in [0.5, 0.6) is 0 Å². The lowest BCUT2D eigenvalue weighted by molar-refractivity contribution is -0.143. The molecule has 0 heterocycles. The minimum absolute atomic E-state index is 0.0631. The van der Waals surface area contributed by atoms with Crippen LogP contribution in [0.2, 0.25) is 5.02 Å². The Morgan fingerprint density at radius 3 is 2.89 bits per heavy atom. The summed E-state index contributed by atoms with van der Waals surface area (Å²) in [4.78, 5) is 11.2. The molecule has 1 aromatic carbocycles. The number of rotatable bonds is 6. The third-order valence-corrected chi connectivity index (χ3v) is 3.50. The number of ether oxygens (including phenoxy) is 1. The van der Waals surface area contributed by atoms with E-state index in [9.17, 15) is 4.79 Å². The molecule has 0 saturated carbocycles. The quantitative estimate of drug-likeness (QED) is 0.812. The SMILES string of the molecule is CCOC(=O)CCC(N)Cc1ccc(Cl)cc1Br. The molecule has 5 heteroatoms. The van der Waals surface area contributed by atoms with Gasteiger partial charge in [-0.2, -0.15) is 0 Å². The van der Waals surface area contributed by atoms with Gasteiger partial charge in [0.25, 0.3) is 0 Å². The molecule has 1 unspecified atom stereocenters. The van der Waals surface area contributed by atoms with Crippen LogP contribution < -0.4 is 5.73 Å². The first kappa shape index (κ1) is 15.5. The van der Waals surface area contributed by atoms with Gasteiger partial charge in [-0.05, 0) is 37.5 Å². The summed E-state index contributed by atoms with van der Waals surface area (Å²) in [5.41, 5.74) is 7.09. The van der Waals surface area contributed by atoms with Gasteiger partial charge < -0.3 is 10.5 Å². The second kappa shape index (κ2) is 7.77. The van der Waals surface area contributed by atoms with Crippen LogP contribution in [0, 0.1) is 0 Å². The average molecular weight is 335 g/mol.